The van der Waals surface area contributed by atoms with Gasteiger partial charge < -0.3 is 9.80 Å². The third-order valence-corrected chi connectivity index (χ3v) is 23.2. The molecule has 0 spiro atoms. The standard InChI is InChI=1S/C39H51N2.C18H33P.C7H6.2ClH.Ru/c1-26(2)32-19-21-34(28(5)6)36(23-32)40-25-41(37-24-33(27(3)4)20-22-35(37)29(7)8)39(31-17-13-10-14-18-31)38(40)30-15-11-9-12-16-30;1-4-10-16(11-5-1)19(17-12-6-2-7-13-17)18-14-8-3-9-15-18;1-7-5-3-2-4-6-7;;;/h9-21,24-29,32,35,38-39H,22-23H2,1-8H3;16-18H,1-15H2;1-6H;2*1H;/q-1;;;;;+2/p-1/t32-,35-,38-,39-;;;;;/m1...../s1. The first-order chi connectivity index (χ1) is 33.9. The van der Waals surface area contributed by atoms with Crippen LogP contribution in [-0.4, -0.2) is 31.4 Å². The van der Waals surface area contributed by atoms with E-state index >= 15 is 0 Å². The molecule has 0 amide bonds. The number of benzene rings is 3. The molecule has 3 aromatic carbocycles. The molecule has 0 radical (unpaired) electrons. The number of hydrogen-bond acceptors (Lipinski definition) is 2. The number of nitrogens with zero attached hydrogens (tertiary/aromatic N) is 2. The van der Waals surface area contributed by atoms with Gasteiger partial charge in [-0.15, -0.1) is 0 Å². The summed E-state index contributed by atoms with van der Waals surface area (Å²) in [6.45, 7) is 21.4. The predicted octanol–water partition coefficient (Wildman–Crippen LogP) is 19.5. The fourth-order valence-corrected chi connectivity index (χ4v) is 20.0. The maximum absolute atomic E-state index is 5.67. The van der Waals surface area contributed by atoms with E-state index in [2.05, 4.69) is 157 Å². The van der Waals surface area contributed by atoms with Gasteiger partial charge in [-0.2, -0.15) is 6.67 Å². The van der Waals surface area contributed by atoms with Gasteiger partial charge in [0, 0.05) is 25.9 Å². The molecule has 70 heavy (non-hydrogen) atoms. The molecule has 1 saturated heterocycles. The Morgan fingerprint density at radius 3 is 1.49 bits per heavy atom. The van der Waals surface area contributed by atoms with Gasteiger partial charge in [-0.05, 0) is 159 Å². The van der Waals surface area contributed by atoms with Gasteiger partial charge >= 0.3 is 73.4 Å². The molecule has 384 valence electrons. The van der Waals surface area contributed by atoms with E-state index in [4.69, 9.17) is 19.4 Å². The number of rotatable bonds is 12. The molecule has 5 aliphatic carbocycles. The van der Waals surface area contributed by atoms with Crippen LogP contribution in [0.2, 0.25) is 0 Å². The van der Waals surface area contributed by atoms with Crippen LogP contribution in [0.25, 0.3) is 0 Å². The molecule has 0 N–H and O–H groups in total. The van der Waals surface area contributed by atoms with Gasteiger partial charge in [0.1, 0.15) is 0 Å². The van der Waals surface area contributed by atoms with E-state index in [-0.39, 0.29) is 20.0 Å². The normalized spacial score (nSPS) is 24.1. The Hall–Kier alpha value is -2.28. The van der Waals surface area contributed by atoms with Crippen molar-refractivity contribution in [3.8, 4) is 0 Å². The fourth-order valence-electron chi connectivity index (χ4n) is 12.9. The van der Waals surface area contributed by atoms with Gasteiger partial charge in [-0.1, -0.05) is 154 Å². The van der Waals surface area contributed by atoms with E-state index in [9.17, 15) is 0 Å². The maximum atomic E-state index is 5.67. The summed E-state index contributed by atoms with van der Waals surface area (Å²) in [6, 6.07) is 32.8. The average Bonchev–Trinajstić information content (AvgIpc) is 3.79. The average molecular weight is 1090 g/mol. The molecular weight excluding hydrogens is 1000 g/mol. The molecule has 9 rings (SSSR count). The predicted molar refractivity (Wildman–Crippen MR) is 306 cm³/mol. The zero-order chi connectivity index (χ0) is 49.6. The molecule has 1 aliphatic heterocycles. The van der Waals surface area contributed by atoms with Crippen molar-refractivity contribution < 1.29 is 13.5 Å². The molecule has 4 atom stereocenters. The second-order valence-corrected chi connectivity index (χ2v) is 32.1. The Morgan fingerprint density at radius 2 is 1.06 bits per heavy atom. The third-order valence-electron chi connectivity index (χ3n) is 16.8. The molecule has 6 heteroatoms. The number of allylic oxidation sites excluding steroid dienone is 8. The topological polar surface area (TPSA) is 6.48 Å². The van der Waals surface area contributed by atoms with Crippen LogP contribution in [0.3, 0.4) is 0 Å². The van der Waals surface area contributed by atoms with Crippen LogP contribution in [-0.2, 0) is 13.5 Å². The molecule has 3 saturated carbocycles. The van der Waals surface area contributed by atoms with Crippen LogP contribution in [0.4, 0.5) is 0 Å². The molecule has 3 aromatic rings. The van der Waals surface area contributed by atoms with Crippen molar-refractivity contribution in [1.82, 2.24) is 9.80 Å². The quantitative estimate of drug-likeness (QED) is 0.101. The zero-order valence-electron chi connectivity index (χ0n) is 44.5. The van der Waals surface area contributed by atoms with Gasteiger partial charge in [0.15, 0.2) is 0 Å². The molecular formula is C64H91Cl2N2PRu. The fraction of sp³-hybridized carbons (Fsp3) is 0.562. The van der Waals surface area contributed by atoms with E-state index in [0.717, 1.165) is 18.4 Å². The first kappa shape index (κ1) is 55.5. The molecule has 6 aliphatic rings. The molecule has 2 nitrogen and oxygen atoms in total. The van der Waals surface area contributed by atoms with Crippen molar-refractivity contribution in [3.63, 3.8) is 0 Å². The summed E-state index contributed by atoms with van der Waals surface area (Å²) in [4.78, 5) is 5.37. The van der Waals surface area contributed by atoms with Crippen molar-refractivity contribution in [2.24, 2.45) is 35.5 Å². The van der Waals surface area contributed by atoms with Gasteiger partial charge in [0.05, 0.1) is 17.0 Å². The van der Waals surface area contributed by atoms with Crippen molar-refractivity contribution in [1.29, 1.82) is 0 Å². The molecule has 4 fully saturated rings. The van der Waals surface area contributed by atoms with Crippen LogP contribution >= 0.6 is 27.3 Å². The Labute approximate surface area is 442 Å². The molecule has 0 unspecified atom stereocenters. The van der Waals surface area contributed by atoms with Gasteiger partial charge in [0.25, 0.3) is 0 Å². The van der Waals surface area contributed by atoms with E-state index < -0.39 is 13.5 Å². The summed E-state index contributed by atoms with van der Waals surface area (Å²) in [7, 11) is 11.3. The van der Waals surface area contributed by atoms with Crippen LogP contribution in [0.15, 0.2) is 138 Å². The number of halogens is 2. The second-order valence-electron chi connectivity index (χ2n) is 22.9. The molecule has 0 aromatic heterocycles. The van der Waals surface area contributed by atoms with Crippen molar-refractivity contribution in [2.75, 3.05) is 0 Å². The Bertz CT molecular complexity index is 2130. The first-order valence-corrected chi connectivity index (χ1v) is 35.2. The van der Waals surface area contributed by atoms with Crippen LogP contribution in [0.5, 0.6) is 0 Å². The summed E-state index contributed by atoms with van der Waals surface area (Å²) in [6.07, 6.45) is 35.9. The summed E-state index contributed by atoms with van der Waals surface area (Å²) in [5.41, 5.74) is 13.5. The van der Waals surface area contributed by atoms with Gasteiger partial charge in [-0.25, -0.2) is 0 Å². The van der Waals surface area contributed by atoms with E-state index in [1.807, 2.05) is 34.9 Å². The monoisotopic (exact) mass is 1090 g/mol. The minimum absolute atomic E-state index is 0.0465. The summed E-state index contributed by atoms with van der Waals surface area (Å²) in [5.74, 6) is 3.20. The first-order valence-electron chi connectivity index (χ1n) is 28.0. The van der Waals surface area contributed by atoms with Crippen LogP contribution < -0.4 is 0 Å². The van der Waals surface area contributed by atoms with E-state index in [0.29, 0.717) is 35.5 Å². The van der Waals surface area contributed by atoms with E-state index in [1.165, 1.54) is 50.6 Å². The SMILES string of the molecule is C1CCC([PH+](C2CCCCC2)C2CCCCC2)CC1.CC(C)C1=CC[C@H](C(C)C)C(N2[CH-]N(C3=C(C(C)C)C=C[C@@H](C(C)C)C3)[C@H](c3ccccc3)[C@H]2c2ccccc2)=C1.[Cl][Ru]([Cl])=[CH]c1ccccc1. The summed E-state index contributed by atoms with van der Waals surface area (Å²) < 4.78 is 1.92. The van der Waals surface area contributed by atoms with Crippen LogP contribution in [0.1, 0.15) is 193 Å². The molecule has 0 bridgehead atoms. The Morgan fingerprint density at radius 1 is 0.586 bits per heavy atom. The zero-order valence-corrected chi connectivity index (χ0v) is 48.7. The van der Waals surface area contributed by atoms with Crippen molar-refractivity contribution in [3.05, 3.63) is 161 Å². The number of hydrogen-bond donors (Lipinski definition) is 0. The Balaban J connectivity index is 0.000000202. The third kappa shape index (κ3) is 14.9. The minimum atomic E-state index is -1.61. The van der Waals surface area contributed by atoms with Crippen LogP contribution in [0, 0.1) is 42.2 Å². The van der Waals surface area contributed by atoms with Gasteiger partial charge in [0.2, 0.25) is 0 Å². The van der Waals surface area contributed by atoms with Gasteiger partial charge in [-0.3, -0.25) is 0 Å². The van der Waals surface area contributed by atoms with E-state index in [1.54, 1.807) is 96.3 Å². The summed E-state index contributed by atoms with van der Waals surface area (Å²) in [5, 5.41) is 0. The van der Waals surface area contributed by atoms with Crippen molar-refractivity contribution in [2.45, 2.75) is 194 Å². The summed E-state index contributed by atoms with van der Waals surface area (Å²) >= 11 is -1.61. The van der Waals surface area contributed by atoms with Crippen molar-refractivity contribution >= 4 is 31.9 Å². The Kier molecular flexibility index (Phi) is 22.1. The second kappa shape index (κ2) is 27.9. The molecule has 1 heterocycles.